The maximum absolute atomic E-state index is 13.7. The predicted octanol–water partition coefficient (Wildman–Crippen LogP) is 6.04. The highest BCUT2D eigenvalue weighted by atomic mass is 32.1. The number of nitrogens with one attached hydrogen (secondary N) is 2. The molecular weight excluding hydrogens is 507 g/mol. The summed E-state index contributed by atoms with van der Waals surface area (Å²) in [6.07, 6.45) is -0.944. The normalized spacial score (nSPS) is 11.9. The zero-order chi connectivity index (χ0) is 26.6. The Kier molecular flexibility index (Phi) is 7.53. The van der Waals surface area contributed by atoms with E-state index >= 15 is 0 Å². The first-order valence-corrected chi connectivity index (χ1v) is 12.0. The molecule has 0 radical (unpaired) electrons. The fraction of sp³-hybridized carbons (Fsp3) is 0.154. The van der Waals surface area contributed by atoms with Crippen molar-refractivity contribution in [3.63, 3.8) is 0 Å². The van der Waals surface area contributed by atoms with E-state index in [4.69, 9.17) is 4.74 Å². The lowest BCUT2D eigenvalue weighted by Gasteiger charge is -2.15. The van der Waals surface area contributed by atoms with Gasteiger partial charge in [0.1, 0.15) is 5.56 Å². The molecule has 2 aromatic carbocycles. The average molecular weight is 528 g/mol. The third-order valence-corrected chi connectivity index (χ3v) is 5.99. The molecule has 7 nitrogen and oxygen atoms in total. The van der Waals surface area contributed by atoms with E-state index in [1.165, 1.54) is 6.20 Å². The van der Waals surface area contributed by atoms with Crippen molar-refractivity contribution in [2.24, 2.45) is 0 Å². The van der Waals surface area contributed by atoms with Gasteiger partial charge >= 0.3 is 12.1 Å². The number of amides is 1. The van der Waals surface area contributed by atoms with Gasteiger partial charge in [-0.25, -0.2) is 9.78 Å². The number of hydrogen-bond donors (Lipinski definition) is 2. The van der Waals surface area contributed by atoms with Gasteiger partial charge in [0.05, 0.1) is 11.1 Å². The minimum absolute atomic E-state index is 0.154. The number of rotatable bonds is 7. The molecule has 2 aromatic heterocycles. The van der Waals surface area contributed by atoms with Crippen LogP contribution in [0, 0.1) is 0 Å². The molecule has 11 heteroatoms. The summed E-state index contributed by atoms with van der Waals surface area (Å²) in [5, 5.41) is 3.77. The maximum Gasteiger partial charge on any atom is 0.418 e. The third kappa shape index (κ3) is 5.78. The van der Waals surface area contributed by atoms with Crippen LogP contribution in [-0.4, -0.2) is 21.8 Å². The monoisotopic (exact) mass is 527 g/mol. The van der Waals surface area contributed by atoms with Crippen LogP contribution in [0.4, 0.5) is 18.3 Å². The Labute approximate surface area is 212 Å². The molecule has 4 rings (SSSR count). The van der Waals surface area contributed by atoms with Crippen LogP contribution in [0.1, 0.15) is 41.3 Å². The van der Waals surface area contributed by atoms with Crippen molar-refractivity contribution >= 4 is 45.3 Å². The first-order chi connectivity index (χ1) is 17.7. The van der Waals surface area contributed by atoms with Crippen LogP contribution in [0.3, 0.4) is 0 Å². The Balaban J connectivity index is 1.85. The van der Waals surface area contributed by atoms with Crippen LogP contribution in [0.2, 0.25) is 0 Å². The van der Waals surface area contributed by atoms with E-state index in [1.54, 1.807) is 41.8 Å². The van der Waals surface area contributed by atoms with Crippen molar-refractivity contribution < 1.29 is 27.5 Å². The molecule has 0 fully saturated rings. The van der Waals surface area contributed by atoms with E-state index in [1.807, 2.05) is 6.92 Å². The van der Waals surface area contributed by atoms with Gasteiger partial charge in [0.15, 0.2) is 5.13 Å². The number of alkyl halides is 3. The molecule has 2 N–H and O–H groups in total. The number of carbonyl (C=O) groups is 2. The Hall–Kier alpha value is -4.25. The summed E-state index contributed by atoms with van der Waals surface area (Å²) >= 11 is 1.07. The number of benzene rings is 2. The number of anilines is 1. The molecule has 0 unspecified atom stereocenters. The van der Waals surface area contributed by atoms with Gasteiger partial charge in [-0.3, -0.25) is 14.9 Å². The summed E-state index contributed by atoms with van der Waals surface area (Å²) in [7, 11) is 0. The fourth-order valence-corrected chi connectivity index (χ4v) is 4.19. The summed E-state index contributed by atoms with van der Waals surface area (Å²) in [4.78, 5) is 45.8. The average Bonchev–Trinajstić information content (AvgIpc) is 3.36. The van der Waals surface area contributed by atoms with Crippen LogP contribution in [-0.2, 0) is 11.0 Å². The summed E-state index contributed by atoms with van der Waals surface area (Å²) in [5.74, 6) is -2.58. The smallest absolute Gasteiger partial charge is 0.405 e. The highest BCUT2D eigenvalue weighted by molar-refractivity contribution is 7.13. The van der Waals surface area contributed by atoms with Crippen LogP contribution in [0.15, 0.2) is 70.5 Å². The Morgan fingerprint density at radius 2 is 1.89 bits per heavy atom. The van der Waals surface area contributed by atoms with Crippen molar-refractivity contribution in [2.75, 3.05) is 5.32 Å². The molecule has 1 amide bonds. The molecular formula is C26H20F3N3O4S. The number of aromatic nitrogens is 2. The second-order valence-corrected chi connectivity index (χ2v) is 8.79. The maximum atomic E-state index is 13.7. The lowest BCUT2D eigenvalue weighted by molar-refractivity contribution is -0.136. The minimum Gasteiger partial charge on any atom is -0.405 e. The molecule has 0 atom stereocenters. The molecule has 2 heterocycles. The van der Waals surface area contributed by atoms with E-state index in [-0.39, 0.29) is 16.1 Å². The number of para-hydroxylation sites is 1. The highest BCUT2D eigenvalue weighted by Crippen LogP contribution is 2.34. The number of H-pyrrole nitrogens is 1. The fourth-order valence-electron chi connectivity index (χ4n) is 3.66. The summed E-state index contributed by atoms with van der Waals surface area (Å²) in [5.41, 5.74) is -2.50. The molecule has 0 saturated carbocycles. The summed E-state index contributed by atoms with van der Waals surface area (Å²) in [6, 6.07) is 11.9. The molecule has 0 aliphatic heterocycles. The van der Waals surface area contributed by atoms with E-state index in [0.29, 0.717) is 18.4 Å². The predicted molar refractivity (Wildman–Crippen MR) is 135 cm³/mol. The van der Waals surface area contributed by atoms with Gasteiger partial charge in [-0.05, 0) is 30.2 Å². The quantitative estimate of drug-likeness (QED) is 0.225. The third-order valence-electron chi connectivity index (χ3n) is 5.30. The molecule has 0 bridgehead atoms. The minimum atomic E-state index is -4.81. The topological polar surface area (TPSA) is 101 Å². The number of nitrogens with zero attached hydrogens (tertiary/aromatic N) is 1. The lowest BCUT2D eigenvalue weighted by atomic mass is 10.1. The first kappa shape index (κ1) is 25.8. The van der Waals surface area contributed by atoms with E-state index < -0.39 is 46.0 Å². The van der Waals surface area contributed by atoms with Crippen LogP contribution in [0.25, 0.3) is 17.0 Å². The number of fused-ring (bicyclic) bond motifs is 1. The van der Waals surface area contributed by atoms with Crippen molar-refractivity contribution in [1.82, 2.24) is 9.97 Å². The van der Waals surface area contributed by atoms with Crippen molar-refractivity contribution in [3.8, 4) is 5.88 Å². The number of carbonyl (C=O) groups excluding carboxylic acids is 2. The van der Waals surface area contributed by atoms with Crippen molar-refractivity contribution in [1.29, 1.82) is 0 Å². The molecule has 190 valence electrons. The van der Waals surface area contributed by atoms with Gasteiger partial charge in [-0.15, -0.1) is 11.3 Å². The molecule has 0 saturated heterocycles. The second-order valence-electron chi connectivity index (χ2n) is 7.90. The Morgan fingerprint density at radius 3 is 2.54 bits per heavy atom. The first-order valence-electron chi connectivity index (χ1n) is 11.1. The number of esters is 1. The zero-order valence-electron chi connectivity index (χ0n) is 19.4. The zero-order valence-corrected chi connectivity index (χ0v) is 20.2. The van der Waals surface area contributed by atoms with Crippen LogP contribution >= 0.6 is 11.3 Å². The number of aromatic amines is 1. The Morgan fingerprint density at radius 1 is 1.14 bits per heavy atom. The molecule has 4 aromatic rings. The van der Waals surface area contributed by atoms with Gasteiger partial charge in [0, 0.05) is 22.5 Å². The van der Waals surface area contributed by atoms with Crippen molar-refractivity contribution in [2.45, 2.75) is 25.9 Å². The number of halogens is 3. The van der Waals surface area contributed by atoms with Gasteiger partial charge in [0.25, 0.3) is 5.91 Å². The number of hydrogen-bond acceptors (Lipinski definition) is 6. The molecule has 0 aliphatic rings. The largest absolute Gasteiger partial charge is 0.418 e. The lowest BCUT2D eigenvalue weighted by Crippen LogP contribution is -2.26. The van der Waals surface area contributed by atoms with E-state index in [9.17, 15) is 27.6 Å². The molecule has 0 aliphatic carbocycles. The number of thiazole rings is 1. The highest BCUT2D eigenvalue weighted by Gasteiger charge is 2.34. The van der Waals surface area contributed by atoms with Gasteiger partial charge in [-0.2, -0.15) is 13.2 Å². The summed E-state index contributed by atoms with van der Waals surface area (Å²) < 4.78 is 46.5. The van der Waals surface area contributed by atoms with Crippen molar-refractivity contribution in [3.05, 3.63) is 92.6 Å². The standard InChI is InChI=1S/C26H20F3N3O4S/c1-2-7-16(14-15-8-4-3-5-9-15)24(35)36-23-19(22(34)32-25-30-12-13-37-25)21(33)17-10-6-11-18(20(17)31-23)26(27,28)29/h3-6,8-14H,2,7H2,1H3,(H,31,33)(H,30,32,34). The van der Waals surface area contributed by atoms with E-state index in [0.717, 1.165) is 29.5 Å². The second kappa shape index (κ2) is 10.8. The Bertz CT molecular complexity index is 1530. The number of ether oxygens (including phenoxy) is 1. The van der Waals surface area contributed by atoms with Crippen LogP contribution in [0.5, 0.6) is 5.88 Å². The molecule has 0 spiro atoms. The van der Waals surface area contributed by atoms with Gasteiger partial charge in [0.2, 0.25) is 11.3 Å². The summed E-state index contributed by atoms with van der Waals surface area (Å²) in [6.45, 7) is 1.84. The van der Waals surface area contributed by atoms with Crippen LogP contribution < -0.4 is 15.5 Å². The SMILES string of the molecule is CCCC(=Cc1ccccc1)C(=O)Oc1[nH]c2c(C(F)(F)F)cccc2c(=O)c1C(=O)Nc1nccs1. The van der Waals surface area contributed by atoms with Gasteiger partial charge in [-0.1, -0.05) is 49.7 Å². The van der Waals surface area contributed by atoms with E-state index in [2.05, 4.69) is 15.3 Å². The van der Waals surface area contributed by atoms with Gasteiger partial charge < -0.3 is 9.72 Å². The molecule has 37 heavy (non-hydrogen) atoms. The number of pyridine rings is 1.